The lowest BCUT2D eigenvalue weighted by Gasteiger charge is -2.37. The molecule has 0 aliphatic carbocycles. The summed E-state index contributed by atoms with van der Waals surface area (Å²) in [5.41, 5.74) is -0.416. The highest BCUT2D eigenvalue weighted by Gasteiger charge is 2.38. The van der Waals surface area contributed by atoms with Crippen LogP contribution in [-0.2, 0) is 19.1 Å². The zero-order valence-electron chi connectivity index (χ0n) is 17.0. The molecule has 0 amide bonds. The molecule has 0 aliphatic heterocycles. The molecule has 0 radical (unpaired) electrons. The molecule has 0 saturated heterocycles. The summed E-state index contributed by atoms with van der Waals surface area (Å²) >= 11 is 0. The third-order valence-electron chi connectivity index (χ3n) is 4.32. The Hall–Kier alpha value is -1.06. The van der Waals surface area contributed by atoms with Crippen molar-refractivity contribution < 1.29 is 19.1 Å². The van der Waals surface area contributed by atoms with E-state index in [1.54, 1.807) is 0 Å². The molecule has 4 nitrogen and oxygen atoms in total. The van der Waals surface area contributed by atoms with Crippen LogP contribution in [0, 0.1) is 23.2 Å². The highest BCUT2D eigenvalue weighted by atomic mass is 16.6. The van der Waals surface area contributed by atoms with Gasteiger partial charge in [-0.25, -0.2) is 0 Å². The maximum atomic E-state index is 12.2. The molecule has 0 aromatic carbocycles. The van der Waals surface area contributed by atoms with E-state index in [4.69, 9.17) is 9.47 Å². The molecule has 2 unspecified atom stereocenters. The number of carbonyl (C=O) groups is 2. The second-order valence-electron chi connectivity index (χ2n) is 8.24. The van der Waals surface area contributed by atoms with Gasteiger partial charge in [0.05, 0.1) is 18.4 Å². The largest absolute Gasteiger partial charge is 0.465 e. The van der Waals surface area contributed by atoms with E-state index >= 15 is 0 Å². The van der Waals surface area contributed by atoms with Crippen molar-refractivity contribution in [2.45, 2.75) is 87.2 Å². The van der Waals surface area contributed by atoms with Crippen molar-refractivity contribution in [2.75, 3.05) is 6.61 Å². The summed E-state index contributed by atoms with van der Waals surface area (Å²) in [5.74, 6) is -0.489. The zero-order chi connectivity index (χ0) is 18.9. The number of hydrogen-bond donors (Lipinski definition) is 0. The lowest BCUT2D eigenvalue weighted by atomic mass is 9.78. The average molecular weight is 343 g/mol. The minimum Gasteiger partial charge on any atom is -0.465 e. The van der Waals surface area contributed by atoms with Crippen molar-refractivity contribution in [3.05, 3.63) is 0 Å². The Labute approximate surface area is 148 Å². The van der Waals surface area contributed by atoms with Gasteiger partial charge in [0.1, 0.15) is 6.10 Å². The van der Waals surface area contributed by atoms with Gasteiger partial charge in [-0.1, -0.05) is 74.7 Å². The van der Waals surface area contributed by atoms with Gasteiger partial charge in [-0.3, -0.25) is 9.59 Å². The van der Waals surface area contributed by atoms with Crippen LogP contribution >= 0.6 is 0 Å². The van der Waals surface area contributed by atoms with Crippen LogP contribution in [0.15, 0.2) is 0 Å². The van der Waals surface area contributed by atoms with Gasteiger partial charge in [-0.05, 0) is 12.3 Å². The van der Waals surface area contributed by atoms with Gasteiger partial charge in [-0.2, -0.15) is 0 Å². The van der Waals surface area contributed by atoms with Crippen LogP contribution in [0.4, 0.5) is 0 Å². The Morgan fingerprint density at radius 3 is 1.92 bits per heavy atom. The summed E-state index contributed by atoms with van der Waals surface area (Å²) < 4.78 is 11.3. The van der Waals surface area contributed by atoms with Crippen molar-refractivity contribution >= 4 is 11.9 Å². The van der Waals surface area contributed by atoms with Gasteiger partial charge in [0.25, 0.3) is 0 Å². The Kier molecular flexibility index (Phi) is 10.3. The second kappa shape index (κ2) is 10.7. The highest BCUT2D eigenvalue weighted by molar-refractivity contribution is 5.72. The van der Waals surface area contributed by atoms with Crippen LogP contribution in [0.5, 0.6) is 0 Å². The number of carbonyl (C=O) groups excluding carboxylic acids is 2. The van der Waals surface area contributed by atoms with E-state index in [0.29, 0.717) is 0 Å². The molecule has 0 aromatic rings. The fourth-order valence-electron chi connectivity index (χ4n) is 2.68. The Morgan fingerprint density at radius 2 is 1.46 bits per heavy atom. The average Bonchev–Trinajstić information content (AvgIpc) is 2.49. The molecule has 0 aliphatic rings. The van der Waals surface area contributed by atoms with Gasteiger partial charge >= 0.3 is 11.9 Å². The van der Waals surface area contributed by atoms with Crippen molar-refractivity contribution in [3.8, 4) is 0 Å². The molecule has 0 saturated carbocycles. The van der Waals surface area contributed by atoms with Crippen LogP contribution in [0.2, 0.25) is 0 Å². The minimum absolute atomic E-state index is 0.153. The summed E-state index contributed by atoms with van der Waals surface area (Å²) in [6.07, 6.45) is 4.21. The van der Waals surface area contributed by atoms with E-state index in [1.165, 1.54) is 12.8 Å². The van der Waals surface area contributed by atoms with Crippen LogP contribution < -0.4 is 0 Å². The maximum absolute atomic E-state index is 12.2. The third kappa shape index (κ3) is 8.16. The molecule has 4 heteroatoms. The first-order chi connectivity index (χ1) is 11.0. The maximum Gasteiger partial charge on any atom is 0.308 e. The fraction of sp³-hybridized carbons (Fsp3) is 0.900. The van der Waals surface area contributed by atoms with E-state index in [-0.39, 0.29) is 42.4 Å². The predicted octanol–water partition coefficient (Wildman–Crippen LogP) is 5.00. The first kappa shape index (κ1) is 22.9. The summed E-state index contributed by atoms with van der Waals surface area (Å²) in [5, 5.41) is 0. The smallest absolute Gasteiger partial charge is 0.308 e. The third-order valence-corrected chi connectivity index (χ3v) is 4.32. The van der Waals surface area contributed by atoms with E-state index in [1.807, 2.05) is 41.5 Å². The SMILES string of the molecule is CCCCCC(C)C(OC(=O)C(C)C)C(C)(C)COC(=O)C(C)C. The fourth-order valence-corrected chi connectivity index (χ4v) is 2.68. The quantitative estimate of drug-likeness (QED) is 0.392. The molecule has 0 N–H and O–H groups in total. The van der Waals surface area contributed by atoms with Crippen LogP contribution in [0.1, 0.15) is 81.1 Å². The number of ether oxygens (including phenoxy) is 2. The van der Waals surface area contributed by atoms with Crippen LogP contribution in [0.25, 0.3) is 0 Å². The first-order valence-corrected chi connectivity index (χ1v) is 9.40. The summed E-state index contributed by atoms with van der Waals surface area (Å²) in [6, 6.07) is 0. The van der Waals surface area contributed by atoms with Crippen LogP contribution in [-0.4, -0.2) is 24.6 Å². The molecule has 142 valence electrons. The molecule has 0 spiro atoms. The number of rotatable bonds is 11. The molecule has 0 aromatic heterocycles. The number of unbranched alkanes of at least 4 members (excludes halogenated alkanes) is 2. The van der Waals surface area contributed by atoms with Crippen molar-refractivity contribution in [3.63, 3.8) is 0 Å². The molecular formula is C20H38O4. The normalized spacial score (nSPS) is 14.6. The van der Waals surface area contributed by atoms with Gasteiger partial charge in [0.2, 0.25) is 0 Å². The Balaban J connectivity index is 5.04. The van der Waals surface area contributed by atoms with Crippen LogP contribution in [0.3, 0.4) is 0 Å². The van der Waals surface area contributed by atoms with E-state index in [0.717, 1.165) is 12.8 Å². The molecule has 0 bridgehead atoms. The first-order valence-electron chi connectivity index (χ1n) is 9.40. The predicted molar refractivity (Wildman–Crippen MR) is 97.6 cm³/mol. The van der Waals surface area contributed by atoms with E-state index in [2.05, 4.69) is 13.8 Å². The monoisotopic (exact) mass is 342 g/mol. The topological polar surface area (TPSA) is 52.6 Å². The standard InChI is InChI=1S/C20H38O4/c1-9-10-11-12-16(6)17(24-19(22)15(4)5)20(7,8)13-23-18(21)14(2)3/h14-17H,9-13H2,1-8H3. The van der Waals surface area contributed by atoms with Gasteiger partial charge in [0, 0.05) is 5.41 Å². The summed E-state index contributed by atoms with van der Waals surface area (Å²) in [7, 11) is 0. The van der Waals surface area contributed by atoms with Gasteiger partial charge in [0.15, 0.2) is 0 Å². The Morgan fingerprint density at radius 1 is 0.917 bits per heavy atom. The molecule has 0 fully saturated rings. The molecular weight excluding hydrogens is 304 g/mol. The molecule has 0 heterocycles. The Bertz CT molecular complexity index is 385. The summed E-state index contributed by atoms with van der Waals surface area (Å²) in [6.45, 7) is 15.9. The van der Waals surface area contributed by atoms with Crippen molar-refractivity contribution in [1.82, 2.24) is 0 Å². The number of hydrogen-bond acceptors (Lipinski definition) is 4. The van der Waals surface area contributed by atoms with E-state index < -0.39 is 5.41 Å². The van der Waals surface area contributed by atoms with Gasteiger partial charge < -0.3 is 9.47 Å². The molecule has 24 heavy (non-hydrogen) atoms. The summed E-state index contributed by atoms with van der Waals surface area (Å²) in [4.78, 5) is 23.9. The highest BCUT2D eigenvalue weighted by Crippen LogP contribution is 2.33. The molecule has 2 atom stereocenters. The van der Waals surface area contributed by atoms with Crippen molar-refractivity contribution in [2.24, 2.45) is 23.2 Å². The second-order valence-corrected chi connectivity index (χ2v) is 8.24. The minimum atomic E-state index is -0.416. The number of esters is 2. The molecule has 0 rings (SSSR count). The van der Waals surface area contributed by atoms with Gasteiger partial charge in [-0.15, -0.1) is 0 Å². The lowest BCUT2D eigenvalue weighted by Crippen LogP contribution is -2.43. The zero-order valence-corrected chi connectivity index (χ0v) is 17.0. The van der Waals surface area contributed by atoms with Crippen molar-refractivity contribution in [1.29, 1.82) is 0 Å². The lowest BCUT2D eigenvalue weighted by molar-refractivity contribution is -0.170. The van der Waals surface area contributed by atoms with E-state index in [9.17, 15) is 9.59 Å².